The van der Waals surface area contributed by atoms with Crippen molar-refractivity contribution in [3.63, 3.8) is 0 Å². The third kappa shape index (κ3) is 4.33. The fraction of sp³-hybridized carbons (Fsp3) is 0.136. The van der Waals surface area contributed by atoms with Crippen LogP contribution in [-0.4, -0.2) is 15.0 Å². The van der Waals surface area contributed by atoms with Crippen LogP contribution in [0.15, 0.2) is 77.3 Å². The van der Waals surface area contributed by atoms with E-state index >= 15 is 0 Å². The molecule has 2 aromatic carbocycles. The summed E-state index contributed by atoms with van der Waals surface area (Å²) in [4.78, 5) is 14.2. The second-order valence-corrected chi connectivity index (χ2v) is 6.65. The van der Waals surface area contributed by atoms with E-state index in [0.717, 1.165) is 27.6 Å². The third-order valence-electron chi connectivity index (χ3n) is 3.85. The van der Waals surface area contributed by atoms with E-state index in [1.54, 1.807) is 0 Å². The first-order valence-corrected chi connectivity index (χ1v) is 9.41. The molecule has 0 spiro atoms. The van der Waals surface area contributed by atoms with Gasteiger partial charge in [0.1, 0.15) is 0 Å². The minimum atomic E-state index is 0.666. The van der Waals surface area contributed by atoms with Gasteiger partial charge in [0.05, 0.1) is 0 Å². The number of halogens is 1. The van der Waals surface area contributed by atoms with Crippen LogP contribution < -0.4 is 0 Å². The third-order valence-corrected chi connectivity index (χ3v) is 4.35. The smallest absolute Gasteiger partial charge is 0.164 e. The van der Waals surface area contributed by atoms with Crippen molar-refractivity contribution in [2.75, 3.05) is 0 Å². The summed E-state index contributed by atoms with van der Waals surface area (Å²) in [5.74, 6) is 2.02. The number of allylic oxidation sites excluding steroid dienone is 4. The maximum absolute atomic E-state index is 4.73. The monoisotopic (exact) mass is 405 g/mol. The first kappa shape index (κ1) is 18.2. The molecule has 4 heteroatoms. The quantitative estimate of drug-likeness (QED) is 0.464. The van der Waals surface area contributed by atoms with Crippen LogP contribution in [0.25, 0.3) is 28.3 Å². The Kier molecular flexibility index (Phi) is 6.08. The molecule has 0 radical (unpaired) electrons. The molecule has 1 aromatic heterocycles. The SMILES string of the molecule is C/C=C(\C=C/CC)c1nc(-c2ccccc2)nc(-c2cccc(Br)c2)n1. The van der Waals surface area contributed by atoms with Gasteiger partial charge in [-0.3, -0.25) is 0 Å². The van der Waals surface area contributed by atoms with Gasteiger partial charge in [0.25, 0.3) is 0 Å². The van der Waals surface area contributed by atoms with Gasteiger partial charge in [-0.15, -0.1) is 0 Å². The summed E-state index contributed by atoms with van der Waals surface area (Å²) in [5, 5.41) is 0. The van der Waals surface area contributed by atoms with Crippen LogP contribution in [0.2, 0.25) is 0 Å². The first-order valence-electron chi connectivity index (χ1n) is 8.62. The maximum Gasteiger partial charge on any atom is 0.164 e. The summed E-state index contributed by atoms with van der Waals surface area (Å²) in [6, 6.07) is 18.0. The second kappa shape index (κ2) is 8.68. The van der Waals surface area contributed by atoms with Crippen LogP contribution in [0.3, 0.4) is 0 Å². The maximum atomic E-state index is 4.73. The van der Waals surface area contributed by atoms with E-state index in [-0.39, 0.29) is 0 Å². The zero-order valence-corrected chi connectivity index (χ0v) is 16.4. The van der Waals surface area contributed by atoms with Gasteiger partial charge in [-0.25, -0.2) is 15.0 Å². The molecular weight excluding hydrogens is 386 g/mol. The van der Waals surface area contributed by atoms with Crippen molar-refractivity contribution in [3.05, 3.63) is 83.1 Å². The van der Waals surface area contributed by atoms with E-state index < -0.39 is 0 Å². The zero-order chi connectivity index (χ0) is 18.4. The fourth-order valence-electron chi connectivity index (χ4n) is 2.52. The highest BCUT2D eigenvalue weighted by Crippen LogP contribution is 2.25. The van der Waals surface area contributed by atoms with Crippen molar-refractivity contribution in [1.82, 2.24) is 15.0 Å². The molecule has 3 rings (SSSR count). The van der Waals surface area contributed by atoms with E-state index in [4.69, 9.17) is 15.0 Å². The van der Waals surface area contributed by atoms with Gasteiger partial charge in [-0.1, -0.05) is 83.5 Å². The molecule has 0 saturated carbocycles. The predicted molar refractivity (Wildman–Crippen MR) is 111 cm³/mol. The lowest BCUT2D eigenvalue weighted by Gasteiger charge is -2.09. The number of nitrogens with zero attached hydrogens (tertiary/aromatic N) is 3. The van der Waals surface area contributed by atoms with Crippen LogP contribution in [-0.2, 0) is 0 Å². The van der Waals surface area contributed by atoms with E-state index in [1.165, 1.54) is 0 Å². The molecule has 1 heterocycles. The normalized spacial score (nSPS) is 11.9. The highest BCUT2D eigenvalue weighted by atomic mass is 79.9. The van der Waals surface area contributed by atoms with Crippen molar-refractivity contribution < 1.29 is 0 Å². The van der Waals surface area contributed by atoms with Gasteiger partial charge in [0, 0.05) is 21.2 Å². The van der Waals surface area contributed by atoms with E-state index in [0.29, 0.717) is 17.5 Å². The molecule has 0 aliphatic carbocycles. The average Bonchev–Trinajstić information content (AvgIpc) is 2.69. The topological polar surface area (TPSA) is 38.7 Å². The van der Waals surface area contributed by atoms with E-state index in [1.807, 2.05) is 67.6 Å². The summed E-state index contributed by atoms with van der Waals surface area (Å²) in [7, 11) is 0. The highest BCUT2D eigenvalue weighted by Gasteiger charge is 2.12. The fourth-order valence-corrected chi connectivity index (χ4v) is 2.92. The Balaban J connectivity index is 2.18. The van der Waals surface area contributed by atoms with E-state index in [9.17, 15) is 0 Å². The summed E-state index contributed by atoms with van der Waals surface area (Å²) >= 11 is 3.52. The number of rotatable bonds is 5. The predicted octanol–water partition coefficient (Wildman–Crippen LogP) is 6.34. The molecule has 3 nitrogen and oxygen atoms in total. The Labute approximate surface area is 162 Å². The molecule has 0 N–H and O–H groups in total. The Bertz CT molecular complexity index is 947. The van der Waals surface area contributed by atoms with Gasteiger partial charge in [-0.2, -0.15) is 0 Å². The van der Waals surface area contributed by atoms with Crippen LogP contribution in [0.1, 0.15) is 26.1 Å². The molecule has 0 amide bonds. The molecular formula is C22H20BrN3. The van der Waals surface area contributed by atoms with Gasteiger partial charge >= 0.3 is 0 Å². The van der Waals surface area contributed by atoms with Crippen molar-refractivity contribution in [1.29, 1.82) is 0 Å². The van der Waals surface area contributed by atoms with Crippen LogP contribution in [0.4, 0.5) is 0 Å². The van der Waals surface area contributed by atoms with Crippen molar-refractivity contribution in [2.45, 2.75) is 20.3 Å². The molecule has 0 unspecified atom stereocenters. The van der Waals surface area contributed by atoms with Crippen molar-refractivity contribution in [2.24, 2.45) is 0 Å². The molecule has 0 aliphatic heterocycles. The minimum Gasteiger partial charge on any atom is -0.208 e. The summed E-state index contributed by atoms with van der Waals surface area (Å²) in [6.45, 7) is 4.11. The standard InChI is InChI=1S/C22H20BrN3/c1-3-5-10-16(4-2)20-24-21(17-11-7-6-8-12-17)26-22(25-20)18-13-9-14-19(23)15-18/h4-15H,3H2,1-2H3/b10-5-,16-4+. The van der Waals surface area contributed by atoms with Crippen molar-refractivity contribution >= 4 is 21.5 Å². The molecule has 0 saturated heterocycles. The van der Waals surface area contributed by atoms with Gasteiger partial charge in [0.15, 0.2) is 17.5 Å². The van der Waals surface area contributed by atoms with Gasteiger partial charge in [-0.05, 0) is 25.5 Å². The lowest BCUT2D eigenvalue weighted by Crippen LogP contribution is -2.02. The van der Waals surface area contributed by atoms with Gasteiger partial charge in [0.2, 0.25) is 0 Å². The Morgan fingerprint density at radius 1 is 0.923 bits per heavy atom. The van der Waals surface area contributed by atoms with Crippen LogP contribution >= 0.6 is 15.9 Å². The summed E-state index contributed by atoms with van der Waals surface area (Å²) in [6.07, 6.45) is 7.17. The molecule has 0 atom stereocenters. The summed E-state index contributed by atoms with van der Waals surface area (Å²) in [5.41, 5.74) is 2.92. The molecule has 3 aromatic rings. The molecule has 0 aliphatic rings. The molecule has 130 valence electrons. The largest absolute Gasteiger partial charge is 0.208 e. The lowest BCUT2D eigenvalue weighted by atomic mass is 10.1. The Morgan fingerprint density at radius 3 is 2.27 bits per heavy atom. The highest BCUT2D eigenvalue weighted by molar-refractivity contribution is 9.10. The number of benzene rings is 2. The second-order valence-electron chi connectivity index (χ2n) is 5.74. The Morgan fingerprint density at radius 2 is 1.62 bits per heavy atom. The number of hydrogen-bond donors (Lipinski definition) is 0. The molecule has 0 bridgehead atoms. The average molecular weight is 406 g/mol. The van der Waals surface area contributed by atoms with Crippen LogP contribution in [0, 0.1) is 0 Å². The van der Waals surface area contributed by atoms with Crippen molar-refractivity contribution in [3.8, 4) is 22.8 Å². The number of hydrogen-bond acceptors (Lipinski definition) is 3. The van der Waals surface area contributed by atoms with Gasteiger partial charge < -0.3 is 0 Å². The van der Waals surface area contributed by atoms with Crippen LogP contribution in [0.5, 0.6) is 0 Å². The first-order chi connectivity index (χ1) is 12.7. The zero-order valence-electron chi connectivity index (χ0n) is 14.9. The number of aromatic nitrogens is 3. The minimum absolute atomic E-state index is 0.666. The van der Waals surface area contributed by atoms with E-state index in [2.05, 4.69) is 35.0 Å². The molecule has 26 heavy (non-hydrogen) atoms. The molecule has 0 fully saturated rings. The summed E-state index contributed by atoms with van der Waals surface area (Å²) < 4.78 is 0.996. The Hall–Kier alpha value is -2.59. The lowest BCUT2D eigenvalue weighted by molar-refractivity contribution is 1.04.